The van der Waals surface area contributed by atoms with E-state index in [9.17, 15) is 13.6 Å². The number of carbonyl (C=O) groups excluding carboxylic acids is 1. The third-order valence-corrected chi connectivity index (χ3v) is 5.31. The lowest BCUT2D eigenvalue weighted by atomic mass is 10.0. The van der Waals surface area contributed by atoms with Crippen molar-refractivity contribution < 1.29 is 18.3 Å². The molecular weight excluding hydrogens is 416 g/mol. The summed E-state index contributed by atoms with van der Waals surface area (Å²) in [7, 11) is 0. The van der Waals surface area contributed by atoms with Crippen molar-refractivity contribution in [3.63, 3.8) is 0 Å². The number of nitrogens with one attached hydrogen (secondary N) is 2. The fourth-order valence-electron chi connectivity index (χ4n) is 3.78. The molecule has 32 heavy (non-hydrogen) atoms. The minimum atomic E-state index is -2.89. The Morgan fingerprint density at radius 1 is 1.12 bits per heavy atom. The maximum atomic E-state index is 12.7. The van der Waals surface area contributed by atoms with Gasteiger partial charge in [0.1, 0.15) is 11.6 Å². The number of fused-ring (bicyclic) bond motifs is 2. The van der Waals surface area contributed by atoms with E-state index >= 15 is 0 Å². The normalized spacial score (nSPS) is 13.2. The molecule has 5 rings (SSSR count). The first kappa shape index (κ1) is 19.9. The van der Waals surface area contributed by atoms with E-state index in [1.807, 2.05) is 24.3 Å². The van der Waals surface area contributed by atoms with Crippen molar-refractivity contribution in [1.82, 2.24) is 14.8 Å². The Hall–Kier alpha value is -4.01. The smallest absolute Gasteiger partial charge is 0.387 e. The van der Waals surface area contributed by atoms with E-state index in [-0.39, 0.29) is 18.2 Å². The summed E-state index contributed by atoms with van der Waals surface area (Å²) in [6.45, 7) is -2.62. The first-order chi connectivity index (χ1) is 15.5. The van der Waals surface area contributed by atoms with E-state index in [4.69, 9.17) is 0 Å². The summed E-state index contributed by atoms with van der Waals surface area (Å²) in [5.74, 6) is 0.773. The van der Waals surface area contributed by atoms with Crippen molar-refractivity contribution in [3.8, 4) is 5.75 Å². The number of hydrogen-bond donors (Lipinski definition) is 2. The number of hydrogen-bond acceptors (Lipinski definition) is 5. The van der Waals surface area contributed by atoms with Crippen molar-refractivity contribution in [2.75, 3.05) is 10.6 Å². The molecule has 0 bridgehead atoms. The molecule has 2 N–H and O–H groups in total. The molecule has 0 fully saturated rings. The van der Waals surface area contributed by atoms with Gasteiger partial charge in [-0.3, -0.25) is 9.48 Å². The Balaban J connectivity index is 1.41. The van der Waals surface area contributed by atoms with Crippen molar-refractivity contribution in [3.05, 3.63) is 72.1 Å². The SMILES string of the molecule is O=C1CCc2cc(Nc3cc4c(cn3)cnn4Cc3ccccc3OC(F)F)ccc2N1. The molecule has 0 atom stereocenters. The van der Waals surface area contributed by atoms with Crippen LogP contribution in [0.2, 0.25) is 0 Å². The highest BCUT2D eigenvalue weighted by molar-refractivity contribution is 5.94. The van der Waals surface area contributed by atoms with Gasteiger partial charge in [-0.1, -0.05) is 18.2 Å². The summed E-state index contributed by atoms with van der Waals surface area (Å²) >= 11 is 0. The number of aromatic nitrogens is 3. The molecule has 162 valence electrons. The summed E-state index contributed by atoms with van der Waals surface area (Å²) in [5, 5.41) is 11.4. The topological polar surface area (TPSA) is 81.1 Å². The van der Waals surface area contributed by atoms with Gasteiger partial charge in [0.15, 0.2) is 0 Å². The third-order valence-electron chi connectivity index (χ3n) is 5.31. The number of alkyl halides is 2. The van der Waals surface area contributed by atoms with Gasteiger partial charge in [-0.15, -0.1) is 0 Å². The molecule has 0 radical (unpaired) electrons. The molecule has 4 aromatic rings. The molecule has 3 heterocycles. The van der Waals surface area contributed by atoms with E-state index in [0.29, 0.717) is 24.2 Å². The van der Waals surface area contributed by atoms with E-state index in [0.717, 1.165) is 27.8 Å². The number of aryl methyl sites for hydroxylation is 1. The second kappa shape index (κ2) is 8.26. The zero-order chi connectivity index (χ0) is 22.1. The van der Waals surface area contributed by atoms with Crippen molar-refractivity contribution in [2.45, 2.75) is 26.0 Å². The quantitative estimate of drug-likeness (QED) is 0.459. The molecule has 2 aromatic carbocycles. The summed E-state index contributed by atoms with van der Waals surface area (Å²) < 4.78 is 31.8. The van der Waals surface area contributed by atoms with Gasteiger partial charge < -0.3 is 15.4 Å². The third kappa shape index (κ3) is 4.09. The van der Waals surface area contributed by atoms with Crippen LogP contribution in [0.5, 0.6) is 5.75 Å². The van der Waals surface area contributed by atoms with Crippen molar-refractivity contribution in [2.24, 2.45) is 0 Å². The molecule has 2 aromatic heterocycles. The van der Waals surface area contributed by atoms with E-state index in [1.54, 1.807) is 35.3 Å². The second-order valence-electron chi connectivity index (χ2n) is 7.46. The zero-order valence-electron chi connectivity index (χ0n) is 16.9. The second-order valence-corrected chi connectivity index (χ2v) is 7.46. The highest BCUT2D eigenvalue weighted by Gasteiger charge is 2.15. The molecule has 9 heteroatoms. The summed E-state index contributed by atoms with van der Waals surface area (Å²) in [6.07, 6.45) is 4.55. The predicted molar refractivity (Wildman–Crippen MR) is 116 cm³/mol. The summed E-state index contributed by atoms with van der Waals surface area (Å²) in [4.78, 5) is 16.0. The van der Waals surface area contributed by atoms with Gasteiger partial charge in [0.2, 0.25) is 5.91 Å². The van der Waals surface area contributed by atoms with E-state index in [1.165, 1.54) is 6.07 Å². The monoisotopic (exact) mass is 435 g/mol. The van der Waals surface area contributed by atoms with Gasteiger partial charge >= 0.3 is 6.61 Å². The van der Waals surface area contributed by atoms with Crippen LogP contribution in [0.15, 0.2) is 60.9 Å². The largest absolute Gasteiger partial charge is 0.434 e. The number of nitrogens with zero attached hydrogens (tertiary/aromatic N) is 3. The number of pyridine rings is 1. The van der Waals surface area contributed by atoms with Crippen LogP contribution in [-0.2, 0) is 17.8 Å². The fraction of sp³-hybridized carbons (Fsp3) is 0.174. The van der Waals surface area contributed by atoms with Gasteiger partial charge in [-0.2, -0.15) is 13.9 Å². The molecular formula is C23H19F2N5O2. The number of amides is 1. The molecule has 0 saturated carbocycles. The van der Waals surface area contributed by atoms with Crippen LogP contribution in [-0.4, -0.2) is 27.3 Å². The van der Waals surface area contributed by atoms with Gasteiger partial charge in [0.05, 0.1) is 18.3 Å². The van der Waals surface area contributed by atoms with Crippen molar-refractivity contribution >= 4 is 34.0 Å². The average Bonchev–Trinajstić information content (AvgIpc) is 3.17. The lowest BCUT2D eigenvalue weighted by Gasteiger charge is -2.18. The van der Waals surface area contributed by atoms with E-state index in [2.05, 4.69) is 25.5 Å². The maximum Gasteiger partial charge on any atom is 0.387 e. The van der Waals surface area contributed by atoms with Crippen LogP contribution in [0.25, 0.3) is 10.9 Å². The van der Waals surface area contributed by atoms with Gasteiger partial charge in [0.25, 0.3) is 0 Å². The number of anilines is 3. The number of benzene rings is 2. The Morgan fingerprint density at radius 3 is 2.88 bits per heavy atom. The van der Waals surface area contributed by atoms with Crippen LogP contribution >= 0.6 is 0 Å². The summed E-state index contributed by atoms with van der Waals surface area (Å²) in [5.41, 5.74) is 4.16. The number of carbonyl (C=O) groups is 1. The lowest BCUT2D eigenvalue weighted by Crippen LogP contribution is -2.18. The minimum Gasteiger partial charge on any atom is -0.434 e. The van der Waals surface area contributed by atoms with Gasteiger partial charge in [0, 0.05) is 41.0 Å². The minimum absolute atomic E-state index is 0.0270. The Bertz CT molecular complexity index is 1300. The molecule has 0 aliphatic carbocycles. The molecule has 1 amide bonds. The zero-order valence-corrected chi connectivity index (χ0v) is 16.9. The number of halogens is 2. The van der Waals surface area contributed by atoms with Crippen LogP contribution in [0.3, 0.4) is 0 Å². The molecule has 0 spiro atoms. The highest BCUT2D eigenvalue weighted by atomic mass is 19.3. The molecule has 1 aliphatic heterocycles. The predicted octanol–water partition coefficient (Wildman–Crippen LogP) is 4.71. The molecule has 7 nitrogen and oxygen atoms in total. The maximum absolute atomic E-state index is 12.7. The van der Waals surface area contributed by atoms with Crippen molar-refractivity contribution in [1.29, 1.82) is 0 Å². The van der Waals surface area contributed by atoms with Crippen LogP contribution in [0.1, 0.15) is 17.5 Å². The first-order valence-electron chi connectivity index (χ1n) is 10.1. The number of para-hydroxylation sites is 1. The van der Waals surface area contributed by atoms with Crippen LogP contribution in [0.4, 0.5) is 26.0 Å². The number of rotatable bonds is 6. The summed E-state index contributed by atoms with van der Waals surface area (Å²) in [6, 6.07) is 14.3. The van der Waals surface area contributed by atoms with Crippen LogP contribution < -0.4 is 15.4 Å². The highest BCUT2D eigenvalue weighted by Crippen LogP contribution is 2.28. The first-order valence-corrected chi connectivity index (χ1v) is 10.1. The Kier molecular flexibility index (Phi) is 5.14. The van der Waals surface area contributed by atoms with E-state index < -0.39 is 6.61 Å². The van der Waals surface area contributed by atoms with Gasteiger partial charge in [-0.05, 0) is 36.2 Å². The molecule has 1 aliphatic rings. The number of ether oxygens (including phenoxy) is 1. The average molecular weight is 435 g/mol. The fourth-order valence-corrected chi connectivity index (χ4v) is 3.78. The molecule has 0 saturated heterocycles. The molecule has 0 unspecified atom stereocenters. The Labute approximate surface area is 182 Å². The lowest BCUT2D eigenvalue weighted by molar-refractivity contribution is -0.116. The van der Waals surface area contributed by atoms with Crippen LogP contribution in [0, 0.1) is 0 Å². The standard InChI is InChI=1S/C23H19F2N5O2/c24-23(25)32-20-4-2-1-3-15(20)13-30-19-10-21(26-11-16(19)12-27-30)28-17-6-7-18-14(9-17)5-8-22(31)29-18/h1-4,6-7,9-12,23H,5,8,13H2,(H,26,28)(H,29,31). The Morgan fingerprint density at radius 2 is 2.00 bits per heavy atom. The van der Waals surface area contributed by atoms with Gasteiger partial charge in [-0.25, -0.2) is 4.98 Å².